The van der Waals surface area contributed by atoms with Gasteiger partial charge in [-0.1, -0.05) is 36.4 Å². The van der Waals surface area contributed by atoms with E-state index in [1.165, 1.54) is 19.1 Å². The van der Waals surface area contributed by atoms with Gasteiger partial charge in [0.05, 0.1) is 29.1 Å². The molecule has 0 atom stereocenters. The summed E-state index contributed by atoms with van der Waals surface area (Å²) in [4.78, 5) is 13.5. The van der Waals surface area contributed by atoms with Gasteiger partial charge < -0.3 is 19.7 Å². The highest BCUT2D eigenvalue weighted by molar-refractivity contribution is 7.89. The van der Waals surface area contributed by atoms with Crippen molar-refractivity contribution in [1.82, 2.24) is 4.72 Å². The summed E-state index contributed by atoms with van der Waals surface area (Å²) in [5.74, 6) is 1.54. The topological polar surface area (TPSA) is 122 Å². The van der Waals surface area contributed by atoms with Crippen molar-refractivity contribution in [3.63, 3.8) is 0 Å². The molecule has 1 aliphatic heterocycles. The van der Waals surface area contributed by atoms with E-state index in [0.717, 1.165) is 40.7 Å². The van der Waals surface area contributed by atoms with Gasteiger partial charge in [0.1, 0.15) is 5.78 Å². The molecule has 5 rings (SSSR count). The first-order chi connectivity index (χ1) is 18.1. The fourth-order valence-electron chi connectivity index (χ4n) is 4.80. The number of aliphatic hydroxyl groups is 2. The second-order valence-corrected chi connectivity index (χ2v) is 12.1. The molecule has 38 heavy (non-hydrogen) atoms. The van der Waals surface area contributed by atoms with Crippen molar-refractivity contribution in [3.8, 4) is 22.6 Å². The highest BCUT2D eigenvalue weighted by Crippen LogP contribution is 2.51. The highest BCUT2D eigenvalue weighted by Gasteiger charge is 2.50. The summed E-state index contributed by atoms with van der Waals surface area (Å²) in [7, 11) is -3.95. The average Bonchev–Trinajstić information content (AvgIpc) is 3.60. The van der Waals surface area contributed by atoms with Gasteiger partial charge in [-0.05, 0) is 78.8 Å². The maximum absolute atomic E-state index is 13.5. The minimum absolute atomic E-state index is 0.0257. The molecule has 1 heterocycles. The smallest absolute Gasteiger partial charge is 0.241 e. The Morgan fingerprint density at radius 3 is 2.32 bits per heavy atom. The number of ether oxygens (including phenoxy) is 2. The Hall–Kier alpha value is -3.24. The molecule has 9 heteroatoms. The minimum Gasteiger partial charge on any atom is -0.454 e. The van der Waals surface area contributed by atoms with E-state index in [1.54, 1.807) is 12.1 Å². The number of rotatable bonds is 10. The minimum atomic E-state index is -3.95. The summed E-state index contributed by atoms with van der Waals surface area (Å²) in [6.45, 7) is 2.51. The van der Waals surface area contributed by atoms with Gasteiger partial charge in [0.15, 0.2) is 11.5 Å². The maximum Gasteiger partial charge on any atom is 0.241 e. The molecule has 1 fully saturated rings. The number of aryl methyl sites for hydroxylation is 1. The molecule has 0 bridgehead atoms. The van der Waals surface area contributed by atoms with E-state index in [1.807, 2.05) is 43.3 Å². The molecule has 0 unspecified atom stereocenters. The average molecular weight is 538 g/mol. The van der Waals surface area contributed by atoms with Crippen molar-refractivity contribution in [2.75, 3.05) is 20.0 Å². The first kappa shape index (κ1) is 26.4. The number of carbonyl (C=O) groups excluding carboxylic acids is 1. The number of sulfonamides is 1. The molecule has 1 aliphatic carbocycles. The number of aliphatic hydroxyl groups excluding tert-OH is 2. The molecule has 0 amide bonds. The summed E-state index contributed by atoms with van der Waals surface area (Å²) in [5, 5.41) is 18.9. The fourth-order valence-corrected chi connectivity index (χ4v) is 6.19. The zero-order valence-corrected chi connectivity index (χ0v) is 22.2. The second-order valence-electron chi connectivity index (χ2n) is 10.4. The quantitative estimate of drug-likeness (QED) is 0.363. The van der Waals surface area contributed by atoms with Crippen LogP contribution in [0, 0.1) is 6.92 Å². The molecule has 0 spiro atoms. The molecule has 0 aromatic heterocycles. The van der Waals surface area contributed by atoms with Crippen molar-refractivity contribution in [2.24, 2.45) is 0 Å². The van der Waals surface area contributed by atoms with Crippen LogP contribution in [0.5, 0.6) is 11.5 Å². The van der Waals surface area contributed by atoms with Crippen LogP contribution in [0.3, 0.4) is 0 Å². The Balaban J connectivity index is 1.35. The third-order valence-electron chi connectivity index (χ3n) is 7.43. The van der Waals surface area contributed by atoms with Gasteiger partial charge in [-0.3, -0.25) is 4.79 Å². The number of fused-ring (bicyclic) bond motifs is 1. The van der Waals surface area contributed by atoms with E-state index in [0.29, 0.717) is 17.9 Å². The van der Waals surface area contributed by atoms with Crippen molar-refractivity contribution in [1.29, 1.82) is 0 Å². The van der Waals surface area contributed by atoms with Crippen LogP contribution < -0.4 is 14.2 Å². The van der Waals surface area contributed by atoms with Gasteiger partial charge in [-0.2, -0.15) is 0 Å². The largest absolute Gasteiger partial charge is 0.454 e. The third kappa shape index (κ3) is 4.94. The second kappa shape index (κ2) is 9.81. The molecule has 8 nitrogen and oxygen atoms in total. The van der Waals surface area contributed by atoms with E-state index in [4.69, 9.17) is 9.47 Å². The van der Waals surface area contributed by atoms with Gasteiger partial charge in [0.2, 0.25) is 16.8 Å². The van der Waals surface area contributed by atoms with Crippen LogP contribution >= 0.6 is 0 Å². The van der Waals surface area contributed by atoms with Crippen LogP contribution in [-0.2, 0) is 26.7 Å². The predicted octanol–water partition coefficient (Wildman–Crippen LogP) is 3.26. The van der Waals surface area contributed by atoms with Crippen molar-refractivity contribution >= 4 is 15.8 Å². The standard InChI is InChI=1S/C29H31NO7S/c1-19-3-4-20(14-27(33)29(11-12-29)22-7-10-25-26(15-22)37-18-36-25)13-24(19)21-5-8-23(9-6-21)38(34,35)30-28(2,16-31)17-32/h3-10,13,15,30-32H,11-12,14,16-18H2,1-2H3. The summed E-state index contributed by atoms with van der Waals surface area (Å²) in [6.07, 6.45) is 1.90. The number of benzene rings is 3. The number of hydrogen-bond acceptors (Lipinski definition) is 7. The Kier molecular flexibility index (Phi) is 6.81. The Morgan fingerprint density at radius 2 is 1.66 bits per heavy atom. The van der Waals surface area contributed by atoms with Gasteiger partial charge >= 0.3 is 0 Å². The van der Waals surface area contributed by atoms with Crippen molar-refractivity contribution < 1.29 is 32.9 Å². The Bertz CT molecular complexity index is 1470. The van der Waals surface area contributed by atoms with Crippen LogP contribution in [0.4, 0.5) is 0 Å². The van der Waals surface area contributed by atoms with E-state index >= 15 is 0 Å². The van der Waals surface area contributed by atoms with Crippen molar-refractivity contribution in [2.45, 2.75) is 49.0 Å². The summed E-state index contributed by atoms with van der Waals surface area (Å²) in [6, 6.07) is 18.1. The monoisotopic (exact) mass is 537 g/mol. The molecular formula is C29H31NO7S. The lowest BCUT2D eigenvalue weighted by molar-refractivity contribution is -0.120. The summed E-state index contributed by atoms with van der Waals surface area (Å²) >= 11 is 0. The van der Waals surface area contributed by atoms with Crippen LogP contribution in [0.15, 0.2) is 65.6 Å². The number of hydrogen-bond donors (Lipinski definition) is 3. The maximum atomic E-state index is 13.5. The first-order valence-corrected chi connectivity index (χ1v) is 14.0. The fraction of sp³-hybridized carbons (Fsp3) is 0.345. The summed E-state index contributed by atoms with van der Waals surface area (Å²) in [5.41, 5.74) is 2.72. The first-order valence-electron chi connectivity index (χ1n) is 12.5. The normalized spacial score (nSPS) is 15.9. The van der Waals surface area contributed by atoms with Crippen LogP contribution in [0.1, 0.15) is 36.5 Å². The SMILES string of the molecule is Cc1ccc(CC(=O)C2(c3ccc4c(c3)OCO4)CC2)cc1-c1ccc(S(=O)(=O)NC(C)(CO)CO)cc1. The molecule has 2 aliphatic rings. The number of carbonyl (C=O) groups is 1. The van der Waals surface area contributed by atoms with Gasteiger partial charge in [0, 0.05) is 6.42 Å². The number of ketones is 1. The lowest BCUT2D eigenvalue weighted by Gasteiger charge is -2.25. The number of Topliss-reactive ketones (excluding diaryl/α,β-unsaturated/α-hetero) is 1. The molecular weight excluding hydrogens is 506 g/mol. The van der Waals surface area contributed by atoms with E-state index < -0.39 is 34.2 Å². The van der Waals surface area contributed by atoms with Crippen LogP contribution in [-0.4, -0.2) is 50.0 Å². The lowest BCUT2D eigenvalue weighted by atomic mass is 9.87. The third-order valence-corrected chi connectivity index (χ3v) is 9.08. The molecule has 1 saturated carbocycles. The Morgan fingerprint density at radius 1 is 0.974 bits per heavy atom. The van der Waals surface area contributed by atoms with Gasteiger partial charge in [0.25, 0.3) is 0 Å². The molecule has 0 saturated heterocycles. The predicted molar refractivity (Wildman–Crippen MR) is 142 cm³/mol. The zero-order valence-electron chi connectivity index (χ0n) is 21.4. The summed E-state index contributed by atoms with van der Waals surface area (Å²) < 4.78 is 38.8. The molecule has 200 valence electrons. The lowest BCUT2D eigenvalue weighted by Crippen LogP contribution is -2.51. The molecule has 3 N–H and O–H groups in total. The zero-order chi connectivity index (χ0) is 27.1. The van der Waals surface area contributed by atoms with Crippen molar-refractivity contribution in [3.05, 3.63) is 77.4 Å². The van der Waals surface area contributed by atoms with Crippen LogP contribution in [0.25, 0.3) is 11.1 Å². The van der Waals surface area contributed by atoms with Gasteiger partial charge in [-0.15, -0.1) is 0 Å². The van der Waals surface area contributed by atoms with E-state index in [-0.39, 0.29) is 17.5 Å². The highest BCUT2D eigenvalue weighted by atomic mass is 32.2. The van der Waals surface area contributed by atoms with E-state index in [2.05, 4.69) is 4.72 Å². The van der Waals surface area contributed by atoms with Gasteiger partial charge in [-0.25, -0.2) is 13.1 Å². The molecule has 0 radical (unpaired) electrons. The van der Waals surface area contributed by atoms with Crippen LogP contribution in [0.2, 0.25) is 0 Å². The number of nitrogens with one attached hydrogen (secondary N) is 1. The van der Waals surface area contributed by atoms with E-state index in [9.17, 15) is 23.4 Å². The molecule has 3 aromatic rings. The Labute approximate surface area is 222 Å². The molecule has 3 aromatic carbocycles.